The van der Waals surface area contributed by atoms with Crippen molar-refractivity contribution in [1.82, 2.24) is 5.43 Å². The van der Waals surface area contributed by atoms with E-state index in [4.69, 9.17) is 0 Å². The number of hydrogen-bond donors (Lipinski definition) is 1. The maximum Gasteiger partial charge on any atom is 0.269 e. The predicted octanol–water partition coefficient (Wildman–Crippen LogP) is 2.88. The Balaban J connectivity index is 0.00000324. The van der Waals surface area contributed by atoms with Gasteiger partial charge in [0.25, 0.3) is 5.69 Å². The van der Waals surface area contributed by atoms with E-state index in [2.05, 4.69) is 15.5 Å². The first kappa shape index (κ1) is 17.8. The first-order chi connectivity index (χ1) is 8.67. The minimum atomic E-state index is -0.432. The zero-order valence-electron chi connectivity index (χ0n) is 10.6. The number of nitro groups is 1. The molecular formula is C11H15IN4O2S. The summed E-state index contributed by atoms with van der Waals surface area (Å²) in [4.78, 5) is 14.2. The maximum atomic E-state index is 10.5. The molecule has 6 nitrogen and oxygen atoms in total. The lowest BCUT2D eigenvalue weighted by atomic mass is 10.2. The van der Waals surface area contributed by atoms with Gasteiger partial charge in [-0.05, 0) is 30.9 Å². The highest BCUT2D eigenvalue weighted by molar-refractivity contribution is 14.0. The molecule has 0 saturated carbocycles. The Morgan fingerprint density at radius 1 is 1.47 bits per heavy atom. The average molecular weight is 394 g/mol. The van der Waals surface area contributed by atoms with Gasteiger partial charge >= 0.3 is 0 Å². The molecule has 0 unspecified atom stereocenters. The van der Waals surface area contributed by atoms with Crippen LogP contribution in [0.4, 0.5) is 5.69 Å². The monoisotopic (exact) mass is 394 g/mol. The topological polar surface area (TPSA) is 79.9 Å². The normalized spacial score (nSPS) is 11.2. The third-order valence-corrected chi connectivity index (χ3v) is 2.58. The maximum absolute atomic E-state index is 10.5. The van der Waals surface area contributed by atoms with Gasteiger partial charge in [0.2, 0.25) is 0 Å². The second kappa shape index (κ2) is 9.73. The second-order valence-electron chi connectivity index (χ2n) is 3.20. The van der Waals surface area contributed by atoms with Crippen molar-refractivity contribution in [3.05, 3.63) is 39.9 Å². The standard InChI is InChI=1S/C11H14N4O2S.HI/c1-3-12-11(18-2)14-13-8-9-4-6-10(7-5-9)15(16)17;/h4-8H,3H2,1-2H3,(H,12,14);1H. The summed E-state index contributed by atoms with van der Waals surface area (Å²) in [5, 5.41) is 15.2. The lowest BCUT2D eigenvalue weighted by molar-refractivity contribution is -0.384. The van der Waals surface area contributed by atoms with Gasteiger partial charge in [-0.3, -0.25) is 20.5 Å². The highest BCUT2D eigenvalue weighted by Gasteiger charge is 2.02. The molecule has 0 saturated heterocycles. The molecule has 0 fully saturated rings. The van der Waals surface area contributed by atoms with E-state index < -0.39 is 4.92 Å². The van der Waals surface area contributed by atoms with E-state index in [1.54, 1.807) is 18.3 Å². The van der Waals surface area contributed by atoms with Crippen LogP contribution in [0, 0.1) is 10.1 Å². The molecule has 1 aromatic carbocycles. The van der Waals surface area contributed by atoms with Crippen molar-refractivity contribution in [2.24, 2.45) is 10.1 Å². The minimum Gasteiger partial charge on any atom is -0.262 e. The molecule has 0 aliphatic carbocycles. The molecule has 0 radical (unpaired) electrons. The Kier molecular flexibility index (Phi) is 9.13. The van der Waals surface area contributed by atoms with Crippen LogP contribution in [0.5, 0.6) is 0 Å². The van der Waals surface area contributed by atoms with E-state index in [1.165, 1.54) is 23.9 Å². The zero-order chi connectivity index (χ0) is 13.4. The summed E-state index contributed by atoms with van der Waals surface area (Å²) in [6.07, 6.45) is 3.49. The zero-order valence-corrected chi connectivity index (χ0v) is 13.7. The van der Waals surface area contributed by atoms with Crippen molar-refractivity contribution in [2.45, 2.75) is 6.92 Å². The average Bonchev–Trinajstić information content (AvgIpc) is 2.38. The third-order valence-electron chi connectivity index (χ3n) is 1.97. The van der Waals surface area contributed by atoms with Gasteiger partial charge < -0.3 is 0 Å². The SMILES string of the molecule is CCN=C(NN=Cc1ccc([N+](=O)[O-])cc1)SC.I. The van der Waals surface area contributed by atoms with Gasteiger partial charge in [0.15, 0.2) is 5.17 Å². The quantitative estimate of drug-likeness (QED) is 0.280. The fraction of sp³-hybridized carbons (Fsp3) is 0.273. The second-order valence-corrected chi connectivity index (χ2v) is 4.00. The number of benzene rings is 1. The largest absolute Gasteiger partial charge is 0.269 e. The van der Waals surface area contributed by atoms with Gasteiger partial charge in [-0.15, -0.1) is 24.0 Å². The third kappa shape index (κ3) is 6.53. The number of rotatable bonds is 4. The fourth-order valence-corrected chi connectivity index (χ4v) is 1.54. The van der Waals surface area contributed by atoms with Gasteiger partial charge in [0.05, 0.1) is 11.1 Å². The number of nitrogens with one attached hydrogen (secondary N) is 1. The number of amidine groups is 1. The molecule has 0 aromatic heterocycles. The summed E-state index contributed by atoms with van der Waals surface area (Å²) >= 11 is 1.47. The van der Waals surface area contributed by atoms with Crippen molar-refractivity contribution in [3.8, 4) is 0 Å². The Bertz CT molecular complexity index is 462. The van der Waals surface area contributed by atoms with Gasteiger partial charge in [0.1, 0.15) is 0 Å². The van der Waals surface area contributed by atoms with Crippen molar-refractivity contribution in [2.75, 3.05) is 12.8 Å². The van der Waals surface area contributed by atoms with E-state index in [0.29, 0.717) is 6.54 Å². The van der Waals surface area contributed by atoms with Crippen LogP contribution < -0.4 is 5.43 Å². The summed E-state index contributed by atoms with van der Waals surface area (Å²) in [6.45, 7) is 2.63. The molecule has 104 valence electrons. The summed E-state index contributed by atoms with van der Waals surface area (Å²) in [5.41, 5.74) is 3.65. The molecule has 0 spiro atoms. The van der Waals surface area contributed by atoms with Crippen molar-refractivity contribution in [3.63, 3.8) is 0 Å². The number of thioether (sulfide) groups is 1. The van der Waals surface area contributed by atoms with Gasteiger partial charge in [-0.25, -0.2) is 0 Å². The highest BCUT2D eigenvalue weighted by atomic mass is 127. The molecule has 0 bridgehead atoms. The molecule has 0 amide bonds. The number of hydrazone groups is 1. The van der Waals surface area contributed by atoms with Crippen molar-refractivity contribution in [1.29, 1.82) is 0 Å². The molecule has 0 aliphatic heterocycles. The van der Waals surface area contributed by atoms with E-state index in [1.807, 2.05) is 13.2 Å². The smallest absolute Gasteiger partial charge is 0.262 e. The minimum absolute atomic E-state index is 0. The molecule has 0 heterocycles. The van der Waals surface area contributed by atoms with Crippen LogP contribution in [-0.2, 0) is 0 Å². The molecule has 0 atom stereocenters. The molecule has 0 aliphatic rings. The number of non-ortho nitro benzene ring substituents is 1. The van der Waals surface area contributed by atoms with Crippen molar-refractivity contribution >= 4 is 52.8 Å². The lowest BCUT2D eigenvalue weighted by Gasteiger charge is -2.00. The molecule has 8 heteroatoms. The van der Waals surface area contributed by atoms with E-state index >= 15 is 0 Å². The van der Waals surface area contributed by atoms with Crippen LogP contribution in [0.1, 0.15) is 12.5 Å². The van der Waals surface area contributed by atoms with Crippen molar-refractivity contribution < 1.29 is 4.92 Å². The van der Waals surface area contributed by atoms with Crippen LogP contribution in [-0.4, -0.2) is 29.1 Å². The number of halogens is 1. The van der Waals surface area contributed by atoms with E-state index in [0.717, 1.165) is 10.7 Å². The first-order valence-electron chi connectivity index (χ1n) is 5.29. The lowest BCUT2D eigenvalue weighted by Crippen LogP contribution is -2.13. The van der Waals surface area contributed by atoms with E-state index in [9.17, 15) is 10.1 Å². The molecular weight excluding hydrogens is 379 g/mol. The summed E-state index contributed by atoms with van der Waals surface area (Å²) < 4.78 is 0. The first-order valence-corrected chi connectivity index (χ1v) is 6.51. The van der Waals surface area contributed by atoms with Crippen LogP contribution in [0.2, 0.25) is 0 Å². The predicted molar refractivity (Wildman–Crippen MR) is 90.7 cm³/mol. The van der Waals surface area contributed by atoms with Crippen LogP contribution in [0.15, 0.2) is 34.4 Å². The molecule has 19 heavy (non-hydrogen) atoms. The van der Waals surface area contributed by atoms with Crippen LogP contribution in [0.25, 0.3) is 0 Å². The Hall–Kier alpha value is -1.16. The number of nitrogens with zero attached hydrogens (tertiary/aromatic N) is 3. The summed E-state index contributed by atoms with van der Waals surface area (Å²) in [7, 11) is 0. The summed E-state index contributed by atoms with van der Waals surface area (Å²) in [6, 6.07) is 6.16. The Labute approximate surface area is 132 Å². The Morgan fingerprint density at radius 2 is 2.11 bits per heavy atom. The van der Waals surface area contributed by atoms with Crippen LogP contribution in [0.3, 0.4) is 0 Å². The van der Waals surface area contributed by atoms with Gasteiger partial charge in [-0.2, -0.15) is 5.10 Å². The highest BCUT2D eigenvalue weighted by Crippen LogP contribution is 2.10. The Morgan fingerprint density at radius 3 is 2.58 bits per heavy atom. The van der Waals surface area contributed by atoms with E-state index in [-0.39, 0.29) is 29.7 Å². The molecule has 1 N–H and O–H groups in total. The number of nitro benzene ring substituents is 1. The van der Waals surface area contributed by atoms with Gasteiger partial charge in [-0.1, -0.05) is 11.8 Å². The summed E-state index contributed by atoms with van der Waals surface area (Å²) in [5.74, 6) is 0. The molecule has 1 aromatic rings. The number of aliphatic imine (C=N–C) groups is 1. The van der Waals surface area contributed by atoms with Crippen LogP contribution >= 0.6 is 35.7 Å². The fourth-order valence-electron chi connectivity index (χ4n) is 1.13. The van der Waals surface area contributed by atoms with Gasteiger partial charge in [0, 0.05) is 18.7 Å². The molecule has 1 rings (SSSR count). The number of hydrogen-bond acceptors (Lipinski definition) is 5.